The second kappa shape index (κ2) is 10.4. The molecule has 7 nitrogen and oxygen atoms in total. The van der Waals surface area contributed by atoms with Crippen LogP contribution in [0.5, 0.6) is 0 Å². The van der Waals surface area contributed by atoms with E-state index in [4.69, 9.17) is 9.47 Å². The fraction of sp³-hybridized carbons (Fsp3) is 0.667. The number of guanidine groups is 1. The van der Waals surface area contributed by atoms with Gasteiger partial charge in [-0.3, -0.25) is 4.99 Å². The molecule has 27 heavy (non-hydrogen) atoms. The fourth-order valence-electron chi connectivity index (χ4n) is 3.51. The highest BCUT2D eigenvalue weighted by molar-refractivity contribution is 14.0. The quantitative estimate of drug-likeness (QED) is 0.371. The van der Waals surface area contributed by atoms with Gasteiger partial charge in [0.2, 0.25) is 0 Å². The summed E-state index contributed by atoms with van der Waals surface area (Å²) >= 11 is 0. The van der Waals surface area contributed by atoms with Gasteiger partial charge in [0.15, 0.2) is 17.6 Å². The molecule has 1 aromatic rings. The summed E-state index contributed by atoms with van der Waals surface area (Å²) in [5.41, 5.74) is -0.214. The highest BCUT2D eigenvalue weighted by Crippen LogP contribution is 2.24. The summed E-state index contributed by atoms with van der Waals surface area (Å²) in [7, 11) is 3.50. The number of halogens is 2. The number of nitrogens with one attached hydrogen (secondary N) is 2. The van der Waals surface area contributed by atoms with Crippen LogP contribution in [0.4, 0.5) is 10.2 Å². The van der Waals surface area contributed by atoms with E-state index in [1.807, 2.05) is 4.90 Å². The number of hydrogen-bond donors (Lipinski definition) is 2. The molecule has 2 aliphatic heterocycles. The molecular weight excluding hydrogens is 464 g/mol. The van der Waals surface area contributed by atoms with E-state index >= 15 is 0 Å². The Hall–Kier alpha value is -1.20. The van der Waals surface area contributed by atoms with Gasteiger partial charge in [-0.15, -0.1) is 24.0 Å². The van der Waals surface area contributed by atoms with Gasteiger partial charge < -0.3 is 25.0 Å². The number of aliphatic imine (C=N–C) groups is 1. The van der Waals surface area contributed by atoms with E-state index < -0.39 is 0 Å². The summed E-state index contributed by atoms with van der Waals surface area (Å²) in [4.78, 5) is 10.4. The van der Waals surface area contributed by atoms with Crippen LogP contribution in [-0.2, 0) is 9.47 Å². The zero-order chi connectivity index (χ0) is 18.4. The van der Waals surface area contributed by atoms with Crippen LogP contribution < -0.4 is 15.5 Å². The lowest BCUT2D eigenvalue weighted by Crippen LogP contribution is -2.52. The van der Waals surface area contributed by atoms with Crippen molar-refractivity contribution in [3.63, 3.8) is 0 Å². The maximum Gasteiger partial charge on any atom is 0.191 e. The maximum atomic E-state index is 13.9. The highest BCUT2D eigenvalue weighted by atomic mass is 127. The fourth-order valence-corrected chi connectivity index (χ4v) is 3.51. The first-order valence-electron chi connectivity index (χ1n) is 9.11. The molecule has 2 aliphatic rings. The van der Waals surface area contributed by atoms with E-state index in [0.29, 0.717) is 18.9 Å². The van der Waals surface area contributed by atoms with Gasteiger partial charge >= 0.3 is 0 Å². The van der Waals surface area contributed by atoms with Gasteiger partial charge in [-0.25, -0.2) is 9.37 Å². The number of anilines is 1. The SMILES string of the molecule is CN=C(NCC1(OC)CCOCC1)NC1CCN(c2ncccc2F)C1.I. The van der Waals surface area contributed by atoms with Crippen LogP contribution in [0.1, 0.15) is 19.3 Å². The largest absolute Gasteiger partial charge is 0.381 e. The Bertz CT molecular complexity index is 628. The van der Waals surface area contributed by atoms with Crippen LogP contribution in [0.25, 0.3) is 0 Å². The summed E-state index contributed by atoms with van der Waals surface area (Å²) < 4.78 is 25.1. The van der Waals surface area contributed by atoms with Crippen LogP contribution >= 0.6 is 24.0 Å². The van der Waals surface area contributed by atoms with Crippen LogP contribution in [0.3, 0.4) is 0 Å². The van der Waals surface area contributed by atoms with Crippen molar-refractivity contribution in [2.75, 3.05) is 51.9 Å². The zero-order valence-electron chi connectivity index (χ0n) is 15.9. The normalized spacial score (nSPS) is 22.3. The standard InChI is InChI=1S/C18H28FN5O2.HI/c1-20-17(22-13-18(25-2)6-10-26-11-7-18)23-14-5-9-24(12-14)16-15(19)4-3-8-21-16;/h3-4,8,14H,5-7,9-13H2,1-2H3,(H2,20,22,23);1H. The molecule has 9 heteroatoms. The van der Waals surface area contributed by atoms with E-state index in [9.17, 15) is 4.39 Å². The average molecular weight is 493 g/mol. The topological polar surface area (TPSA) is 71.0 Å². The van der Waals surface area contributed by atoms with Crippen LogP contribution in [0.15, 0.2) is 23.3 Å². The summed E-state index contributed by atoms with van der Waals surface area (Å²) in [6.07, 6.45) is 4.25. The Morgan fingerprint density at radius 3 is 2.93 bits per heavy atom. The smallest absolute Gasteiger partial charge is 0.191 e. The second-order valence-corrected chi connectivity index (χ2v) is 6.81. The molecule has 0 radical (unpaired) electrons. The number of hydrogen-bond acceptors (Lipinski definition) is 5. The lowest BCUT2D eigenvalue weighted by Gasteiger charge is -2.36. The molecular formula is C18H29FIN5O2. The lowest BCUT2D eigenvalue weighted by molar-refractivity contribution is -0.0855. The van der Waals surface area contributed by atoms with Crippen molar-refractivity contribution in [3.05, 3.63) is 24.1 Å². The van der Waals surface area contributed by atoms with E-state index in [1.165, 1.54) is 6.07 Å². The van der Waals surface area contributed by atoms with E-state index in [-0.39, 0.29) is 41.4 Å². The predicted molar refractivity (Wildman–Crippen MR) is 115 cm³/mol. The zero-order valence-corrected chi connectivity index (χ0v) is 18.2. The van der Waals surface area contributed by atoms with Crippen molar-refractivity contribution in [1.82, 2.24) is 15.6 Å². The van der Waals surface area contributed by atoms with E-state index in [1.54, 1.807) is 26.4 Å². The molecule has 1 atom stereocenters. The van der Waals surface area contributed by atoms with Gasteiger partial charge in [0.05, 0.1) is 5.60 Å². The summed E-state index contributed by atoms with van der Waals surface area (Å²) in [6, 6.07) is 3.25. The Labute approximate surface area is 177 Å². The molecule has 3 heterocycles. The molecule has 0 spiro atoms. The molecule has 152 valence electrons. The molecule has 0 aliphatic carbocycles. The molecule has 0 aromatic carbocycles. The lowest BCUT2D eigenvalue weighted by atomic mass is 9.94. The van der Waals surface area contributed by atoms with Gasteiger partial charge in [-0.05, 0) is 18.6 Å². The number of ether oxygens (including phenoxy) is 2. The highest BCUT2D eigenvalue weighted by Gasteiger charge is 2.33. The van der Waals surface area contributed by atoms with Crippen molar-refractivity contribution in [2.45, 2.75) is 30.9 Å². The monoisotopic (exact) mass is 493 g/mol. The number of pyridine rings is 1. The molecule has 1 aromatic heterocycles. The minimum absolute atomic E-state index is 0. The van der Waals surface area contributed by atoms with Crippen LogP contribution in [-0.4, -0.2) is 69.6 Å². The Kier molecular flexibility index (Phi) is 8.49. The Morgan fingerprint density at radius 1 is 1.48 bits per heavy atom. The van der Waals surface area contributed by atoms with Gasteiger partial charge in [0.25, 0.3) is 0 Å². The Morgan fingerprint density at radius 2 is 2.26 bits per heavy atom. The van der Waals surface area contributed by atoms with Gasteiger partial charge in [-0.1, -0.05) is 0 Å². The summed E-state index contributed by atoms with van der Waals surface area (Å²) in [6.45, 7) is 3.57. The molecule has 2 N–H and O–H groups in total. The molecule has 0 saturated carbocycles. The molecule has 0 bridgehead atoms. The van der Waals surface area contributed by atoms with Crippen molar-refractivity contribution in [1.29, 1.82) is 0 Å². The van der Waals surface area contributed by atoms with E-state index in [0.717, 1.165) is 45.0 Å². The number of methoxy groups -OCH3 is 1. The molecule has 1 unspecified atom stereocenters. The van der Waals surface area contributed by atoms with Crippen molar-refractivity contribution >= 4 is 35.8 Å². The minimum atomic E-state index is -0.280. The summed E-state index contributed by atoms with van der Waals surface area (Å²) in [5, 5.41) is 6.80. The third-order valence-corrected chi connectivity index (χ3v) is 5.21. The van der Waals surface area contributed by atoms with Crippen LogP contribution in [0.2, 0.25) is 0 Å². The van der Waals surface area contributed by atoms with Crippen LogP contribution in [0, 0.1) is 5.82 Å². The third-order valence-electron chi connectivity index (χ3n) is 5.21. The summed E-state index contributed by atoms with van der Waals surface area (Å²) in [5.74, 6) is 0.874. The molecule has 2 fully saturated rings. The predicted octanol–water partition coefficient (Wildman–Crippen LogP) is 1.78. The average Bonchev–Trinajstić information content (AvgIpc) is 3.14. The molecule has 3 rings (SSSR count). The number of aromatic nitrogens is 1. The first-order valence-corrected chi connectivity index (χ1v) is 9.11. The van der Waals surface area contributed by atoms with E-state index in [2.05, 4.69) is 20.6 Å². The first kappa shape index (κ1) is 22.1. The van der Waals surface area contributed by atoms with Gasteiger partial charge in [0.1, 0.15) is 0 Å². The van der Waals surface area contributed by atoms with Crippen molar-refractivity contribution in [2.24, 2.45) is 4.99 Å². The van der Waals surface area contributed by atoms with Crippen molar-refractivity contribution < 1.29 is 13.9 Å². The third kappa shape index (κ3) is 5.64. The second-order valence-electron chi connectivity index (χ2n) is 6.81. The van der Waals surface area contributed by atoms with Gasteiger partial charge in [0, 0.05) is 72.1 Å². The maximum absolute atomic E-state index is 13.9. The molecule has 0 amide bonds. The number of nitrogens with zero attached hydrogens (tertiary/aromatic N) is 3. The number of rotatable bonds is 5. The first-order chi connectivity index (χ1) is 12.7. The Balaban J connectivity index is 0.00000261. The molecule has 2 saturated heterocycles. The minimum Gasteiger partial charge on any atom is -0.381 e. The van der Waals surface area contributed by atoms with Gasteiger partial charge in [-0.2, -0.15) is 0 Å². The van der Waals surface area contributed by atoms with Crippen molar-refractivity contribution in [3.8, 4) is 0 Å².